The molecule has 1 aromatic carbocycles. The lowest BCUT2D eigenvalue weighted by atomic mass is 10.1. The predicted molar refractivity (Wildman–Crippen MR) is 67.0 cm³/mol. The number of hydrogen-bond acceptors (Lipinski definition) is 3. The zero-order valence-electron chi connectivity index (χ0n) is 9.36. The fourth-order valence-electron chi connectivity index (χ4n) is 1.96. The molecule has 1 amide bonds. The summed E-state index contributed by atoms with van der Waals surface area (Å²) in [5, 5.41) is 3.62. The maximum absolute atomic E-state index is 11.4. The third kappa shape index (κ3) is 2.90. The van der Waals surface area contributed by atoms with Gasteiger partial charge < -0.3 is 15.8 Å². The van der Waals surface area contributed by atoms with Crippen LogP contribution in [-0.4, -0.2) is 24.7 Å². The Hall–Kier alpha value is -1.26. The van der Waals surface area contributed by atoms with E-state index in [0.717, 1.165) is 12.8 Å². The molecule has 0 aromatic heterocycles. The smallest absolute Gasteiger partial charge is 0.242 e. The number of rotatable bonds is 4. The SMILES string of the molecule is NC(=O)C(Nc1ccccc1Cl)C1CCCO1. The fourth-order valence-corrected chi connectivity index (χ4v) is 2.15. The van der Waals surface area contributed by atoms with Crippen LogP contribution >= 0.6 is 11.6 Å². The molecule has 1 heterocycles. The Labute approximate surface area is 105 Å². The lowest BCUT2D eigenvalue weighted by molar-refractivity contribution is -0.121. The van der Waals surface area contributed by atoms with Gasteiger partial charge in [0, 0.05) is 6.61 Å². The summed E-state index contributed by atoms with van der Waals surface area (Å²) in [5.41, 5.74) is 6.09. The van der Waals surface area contributed by atoms with Gasteiger partial charge in [-0.25, -0.2) is 0 Å². The number of amides is 1. The molecule has 1 aromatic rings. The Morgan fingerprint density at radius 1 is 1.53 bits per heavy atom. The topological polar surface area (TPSA) is 64.4 Å². The van der Waals surface area contributed by atoms with Crippen molar-refractivity contribution in [3.8, 4) is 0 Å². The molecule has 2 unspecified atom stereocenters. The van der Waals surface area contributed by atoms with E-state index < -0.39 is 11.9 Å². The van der Waals surface area contributed by atoms with Gasteiger partial charge in [-0.15, -0.1) is 0 Å². The van der Waals surface area contributed by atoms with Crippen LogP contribution in [0.3, 0.4) is 0 Å². The van der Waals surface area contributed by atoms with Gasteiger partial charge in [-0.2, -0.15) is 0 Å². The average molecular weight is 255 g/mol. The molecule has 4 nitrogen and oxygen atoms in total. The summed E-state index contributed by atoms with van der Waals surface area (Å²) < 4.78 is 5.48. The van der Waals surface area contributed by atoms with E-state index in [1.807, 2.05) is 18.2 Å². The molecular formula is C12H15ClN2O2. The number of carbonyl (C=O) groups is 1. The van der Waals surface area contributed by atoms with Crippen LogP contribution in [0.1, 0.15) is 12.8 Å². The number of halogens is 1. The van der Waals surface area contributed by atoms with E-state index in [-0.39, 0.29) is 6.10 Å². The van der Waals surface area contributed by atoms with Gasteiger partial charge in [-0.3, -0.25) is 4.79 Å². The van der Waals surface area contributed by atoms with Crippen LogP contribution in [0.2, 0.25) is 5.02 Å². The number of nitrogens with two attached hydrogens (primary N) is 1. The second-order valence-corrected chi connectivity index (χ2v) is 4.46. The van der Waals surface area contributed by atoms with Crippen molar-refractivity contribution >= 4 is 23.2 Å². The van der Waals surface area contributed by atoms with Gasteiger partial charge >= 0.3 is 0 Å². The molecule has 0 saturated carbocycles. The van der Waals surface area contributed by atoms with Crippen molar-refractivity contribution < 1.29 is 9.53 Å². The summed E-state index contributed by atoms with van der Waals surface area (Å²) in [6.07, 6.45) is 1.63. The van der Waals surface area contributed by atoms with Gasteiger partial charge in [-0.1, -0.05) is 23.7 Å². The van der Waals surface area contributed by atoms with Crippen molar-refractivity contribution in [1.29, 1.82) is 0 Å². The normalized spacial score (nSPS) is 21.1. The van der Waals surface area contributed by atoms with Crippen molar-refractivity contribution in [2.75, 3.05) is 11.9 Å². The third-order valence-corrected chi connectivity index (χ3v) is 3.16. The van der Waals surface area contributed by atoms with Gasteiger partial charge in [0.15, 0.2) is 0 Å². The molecular weight excluding hydrogens is 240 g/mol. The Balaban J connectivity index is 2.12. The third-order valence-electron chi connectivity index (χ3n) is 2.83. The number of para-hydroxylation sites is 1. The van der Waals surface area contributed by atoms with E-state index in [2.05, 4.69) is 5.32 Å². The molecule has 1 aliphatic rings. The van der Waals surface area contributed by atoms with Crippen LogP contribution in [0.5, 0.6) is 0 Å². The summed E-state index contributed by atoms with van der Waals surface area (Å²) >= 11 is 6.02. The molecule has 92 valence electrons. The van der Waals surface area contributed by atoms with Crippen LogP contribution in [-0.2, 0) is 9.53 Å². The lowest BCUT2D eigenvalue weighted by Gasteiger charge is -2.22. The molecule has 0 radical (unpaired) electrons. The number of primary amides is 1. The van der Waals surface area contributed by atoms with E-state index >= 15 is 0 Å². The summed E-state index contributed by atoms with van der Waals surface area (Å²) in [5.74, 6) is -0.420. The lowest BCUT2D eigenvalue weighted by Crippen LogP contribution is -2.44. The molecule has 1 saturated heterocycles. The highest BCUT2D eigenvalue weighted by atomic mass is 35.5. The number of hydrogen-bond donors (Lipinski definition) is 2. The first kappa shape index (κ1) is 12.2. The quantitative estimate of drug-likeness (QED) is 0.861. The molecule has 3 N–H and O–H groups in total. The predicted octanol–water partition coefficient (Wildman–Crippen LogP) is 1.78. The molecule has 1 aliphatic heterocycles. The van der Waals surface area contributed by atoms with Crippen molar-refractivity contribution in [3.63, 3.8) is 0 Å². The minimum Gasteiger partial charge on any atom is -0.376 e. The Morgan fingerprint density at radius 3 is 2.88 bits per heavy atom. The van der Waals surface area contributed by atoms with Crippen LogP contribution in [0, 0.1) is 0 Å². The second-order valence-electron chi connectivity index (χ2n) is 4.06. The highest BCUT2D eigenvalue weighted by Gasteiger charge is 2.30. The molecule has 0 aliphatic carbocycles. The maximum atomic E-state index is 11.4. The standard InChI is InChI=1S/C12H15ClN2O2/c13-8-4-1-2-5-9(8)15-11(12(14)16)10-6-3-7-17-10/h1-2,4-5,10-11,15H,3,6-7H2,(H2,14,16). The maximum Gasteiger partial charge on any atom is 0.242 e. The first-order valence-corrected chi connectivity index (χ1v) is 5.98. The summed E-state index contributed by atoms with van der Waals surface area (Å²) in [6.45, 7) is 0.679. The largest absolute Gasteiger partial charge is 0.376 e. The molecule has 17 heavy (non-hydrogen) atoms. The zero-order chi connectivity index (χ0) is 12.3. The summed E-state index contributed by atoms with van der Waals surface area (Å²) in [6, 6.07) is 6.73. The van der Waals surface area contributed by atoms with Crippen molar-refractivity contribution in [2.24, 2.45) is 5.73 Å². The number of anilines is 1. The van der Waals surface area contributed by atoms with Crippen LogP contribution in [0.25, 0.3) is 0 Å². The van der Waals surface area contributed by atoms with Gasteiger partial charge in [-0.05, 0) is 25.0 Å². The van der Waals surface area contributed by atoms with E-state index in [1.54, 1.807) is 6.07 Å². The monoisotopic (exact) mass is 254 g/mol. The summed E-state index contributed by atoms with van der Waals surface area (Å²) in [7, 11) is 0. The van der Waals surface area contributed by atoms with Crippen molar-refractivity contribution in [2.45, 2.75) is 25.0 Å². The molecule has 5 heteroatoms. The first-order chi connectivity index (χ1) is 8.18. The zero-order valence-corrected chi connectivity index (χ0v) is 10.1. The molecule has 2 atom stereocenters. The number of nitrogens with one attached hydrogen (secondary N) is 1. The summed E-state index contributed by atoms with van der Waals surface area (Å²) in [4.78, 5) is 11.4. The van der Waals surface area contributed by atoms with E-state index in [9.17, 15) is 4.79 Å². The number of benzene rings is 1. The number of carbonyl (C=O) groups excluding carboxylic acids is 1. The van der Waals surface area contributed by atoms with Crippen molar-refractivity contribution in [3.05, 3.63) is 29.3 Å². The van der Waals surface area contributed by atoms with Crippen LogP contribution in [0.4, 0.5) is 5.69 Å². The molecule has 0 spiro atoms. The van der Waals surface area contributed by atoms with Gasteiger partial charge in [0.1, 0.15) is 6.04 Å². The van der Waals surface area contributed by atoms with E-state index in [4.69, 9.17) is 22.1 Å². The fraction of sp³-hybridized carbons (Fsp3) is 0.417. The Bertz CT molecular complexity index is 405. The van der Waals surface area contributed by atoms with Crippen LogP contribution in [0.15, 0.2) is 24.3 Å². The minimum atomic E-state index is -0.530. The molecule has 2 rings (SSSR count). The highest BCUT2D eigenvalue weighted by molar-refractivity contribution is 6.33. The Morgan fingerprint density at radius 2 is 2.29 bits per heavy atom. The average Bonchev–Trinajstić information content (AvgIpc) is 2.81. The second kappa shape index (κ2) is 5.38. The van der Waals surface area contributed by atoms with Gasteiger partial charge in [0.05, 0.1) is 16.8 Å². The minimum absolute atomic E-state index is 0.163. The highest BCUT2D eigenvalue weighted by Crippen LogP contribution is 2.24. The van der Waals surface area contributed by atoms with E-state index in [0.29, 0.717) is 17.3 Å². The molecule has 0 bridgehead atoms. The Kier molecular flexibility index (Phi) is 3.86. The number of ether oxygens (including phenoxy) is 1. The van der Waals surface area contributed by atoms with Crippen LogP contribution < -0.4 is 11.1 Å². The van der Waals surface area contributed by atoms with E-state index in [1.165, 1.54) is 0 Å². The first-order valence-electron chi connectivity index (χ1n) is 5.60. The van der Waals surface area contributed by atoms with Gasteiger partial charge in [0.25, 0.3) is 0 Å². The molecule has 1 fully saturated rings. The van der Waals surface area contributed by atoms with Gasteiger partial charge in [0.2, 0.25) is 5.91 Å². The van der Waals surface area contributed by atoms with Crippen molar-refractivity contribution in [1.82, 2.24) is 0 Å².